The van der Waals surface area contributed by atoms with Gasteiger partial charge in [-0.05, 0) is 18.8 Å². The van der Waals surface area contributed by atoms with E-state index in [1.165, 1.54) is 21.3 Å². The summed E-state index contributed by atoms with van der Waals surface area (Å²) in [5.74, 6) is -0.0225. The molecular weight excluding hydrogens is 506 g/mol. The summed E-state index contributed by atoms with van der Waals surface area (Å²) in [5, 5.41) is 2.73. The Balaban J connectivity index is 1.91. The zero-order chi connectivity index (χ0) is 27.4. The van der Waals surface area contributed by atoms with Gasteiger partial charge in [0.15, 0.2) is 0 Å². The van der Waals surface area contributed by atoms with Crippen LogP contribution in [-0.2, 0) is 25.7 Å². The third-order valence-electron chi connectivity index (χ3n) is 6.09. The van der Waals surface area contributed by atoms with Gasteiger partial charge >= 0.3 is 5.97 Å². The molecule has 208 valence electrons. The third kappa shape index (κ3) is 9.54. The summed E-state index contributed by atoms with van der Waals surface area (Å²) in [6.45, 7) is 4.77. The summed E-state index contributed by atoms with van der Waals surface area (Å²) in [4.78, 5) is 45.8. The molecule has 2 N–H and O–H groups in total. The lowest BCUT2D eigenvalue weighted by Gasteiger charge is -2.32. The van der Waals surface area contributed by atoms with Gasteiger partial charge in [0.1, 0.15) is 17.2 Å². The number of piperazine rings is 1. The molecule has 1 aliphatic rings. The van der Waals surface area contributed by atoms with E-state index in [1.807, 2.05) is 0 Å². The average molecular weight is 544 g/mol. The van der Waals surface area contributed by atoms with Gasteiger partial charge in [0.2, 0.25) is 17.9 Å². The Morgan fingerprint density at radius 1 is 1.08 bits per heavy atom. The van der Waals surface area contributed by atoms with Crippen LogP contribution in [0.15, 0.2) is 12.1 Å². The maximum Gasteiger partial charge on any atom is 0.347 e. The van der Waals surface area contributed by atoms with Crippen LogP contribution in [0.1, 0.15) is 12.0 Å². The molecule has 1 atom stereocenters. The number of amides is 2. The smallest absolute Gasteiger partial charge is 0.347 e. The molecule has 13 heteroatoms. The number of esters is 1. The molecule has 12 nitrogen and oxygen atoms in total. The lowest BCUT2D eigenvalue weighted by molar-refractivity contribution is -0.151. The first-order valence-electron chi connectivity index (χ1n) is 12.0. The second-order valence-corrected chi connectivity index (χ2v) is 8.96. The summed E-state index contributed by atoms with van der Waals surface area (Å²) in [6.07, 6.45) is -1.48. The predicted octanol–water partition coefficient (Wildman–Crippen LogP) is 0.0797. The van der Waals surface area contributed by atoms with Gasteiger partial charge in [0.05, 0.1) is 39.9 Å². The maximum absolute atomic E-state index is 12.6. The number of nitrogens with one attached hydrogen (secondary N) is 2. The molecule has 1 fully saturated rings. The second-order valence-electron chi connectivity index (χ2n) is 8.70. The number of likely N-dealkylation sites (N-methyl/N-ethyl adjacent to an activating group) is 2. The van der Waals surface area contributed by atoms with E-state index < -0.39 is 18.0 Å². The fourth-order valence-electron chi connectivity index (χ4n) is 3.78. The fourth-order valence-corrected chi connectivity index (χ4v) is 3.92. The molecule has 0 aliphatic carbocycles. The first kappa shape index (κ1) is 30.4. The zero-order valence-electron chi connectivity index (χ0n) is 22.2. The number of nitrogens with zero attached hydrogens (tertiary/aromatic N) is 3. The van der Waals surface area contributed by atoms with Crippen molar-refractivity contribution in [3.8, 4) is 17.2 Å². The predicted molar refractivity (Wildman–Crippen MR) is 138 cm³/mol. The third-order valence-corrected chi connectivity index (χ3v) is 6.22. The van der Waals surface area contributed by atoms with E-state index in [0.29, 0.717) is 30.2 Å². The number of methoxy groups -OCH3 is 3. The Hall–Kier alpha value is -2.80. The van der Waals surface area contributed by atoms with Gasteiger partial charge in [0, 0.05) is 65.0 Å². The summed E-state index contributed by atoms with van der Waals surface area (Å²) in [7, 11) is 7.94. The molecule has 1 aromatic rings. The van der Waals surface area contributed by atoms with Gasteiger partial charge in [-0.2, -0.15) is 0 Å². The van der Waals surface area contributed by atoms with Gasteiger partial charge in [-0.1, -0.05) is 0 Å². The molecule has 0 saturated carbocycles. The van der Waals surface area contributed by atoms with Crippen molar-refractivity contribution in [2.24, 2.45) is 0 Å². The highest BCUT2D eigenvalue weighted by atomic mass is 35.5. The van der Waals surface area contributed by atoms with Gasteiger partial charge < -0.3 is 34.1 Å². The normalized spacial score (nSPS) is 15.0. The molecule has 2 rings (SSSR count). The number of rotatable bonds is 14. The Labute approximate surface area is 223 Å². The highest BCUT2D eigenvalue weighted by Crippen LogP contribution is 2.34. The highest BCUT2D eigenvalue weighted by molar-refractivity contribution is 6.13. The monoisotopic (exact) mass is 543 g/mol. The van der Waals surface area contributed by atoms with Crippen molar-refractivity contribution >= 4 is 29.6 Å². The molecule has 1 unspecified atom stereocenters. The second kappa shape index (κ2) is 15.5. The van der Waals surface area contributed by atoms with E-state index in [2.05, 4.69) is 27.0 Å². The first-order chi connectivity index (χ1) is 17.7. The van der Waals surface area contributed by atoms with Crippen LogP contribution in [0.2, 0.25) is 0 Å². The molecule has 1 aromatic carbocycles. The van der Waals surface area contributed by atoms with Crippen LogP contribution in [0.5, 0.6) is 17.2 Å². The molecule has 2 amide bonds. The Kier molecular flexibility index (Phi) is 12.7. The minimum atomic E-state index is -1.20. The Morgan fingerprint density at radius 2 is 1.70 bits per heavy atom. The summed E-state index contributed by atoms with van der Waals surface area (Å²) >= 11 is 5.64. The van der Waals surface area contributed by atoms with Gasteiger partial charge in [-0.15, -0.1) is 0 Å². The topological polar surface area (TPSA) is 122 Å². The van der Waals surface area contributed by atoms with Crippen LogP contribution in [0.4, 0.5) is 0 Å². The lowest BCUT2D eigenvalue weighted by atomic mass is 10.1. The molecular formula is C24H38ClN5O7. The summed E-state index contributed by atoms with van der Waals surface area (Å²) < 4.78 is 21.4. The lowest BCUT2D eigenvalue weighted by Crippen LogP contribution is -2.49. The van der Waals surface area contributed by atoms with Crippen molar-refractivity contribution < 1.29 is 33.3 Å². The number of hydrogen-bond acceptors (Lipinski definition) is 10. The van der Waals surface area contributed by atoms with E-state index in [0.717, 1.165) is 26.2 Å². The average Bonchev–Trinajstić information content (AvgIpc) is 2.89. The van der Waals surface area contributed by atoms with E-state index in [9.17, 15) is 14.4 Å². The van der Waals surface area contributed by atoms with Crippen molar-refractivity contribution in [3.05, 3.63) is 17.7 Å². The van der Waals surface area contributed by atoms with Crippen molar-refractivity contribution in [1.29, 1.82) is 0 Å². The van der Waals surface area contributed by atoms with E-state index in [4.69, 9.17) is 30.7 Å². The van der Waals surface area contributed by atoms with E-state index in [-0.39, 0.29) is 31.2 Å². The van der Waals surface area contributed by atoms with E-state index in [1.54, 1.807) is 24.1 Å². The molecule has 1 aliphatic heterocycles. The minimum absolute atomic E-state index is 0.00900. The quantitative estimate of drug-likeness (QED) is 0.246. The molecule has 1 saturated heterocycles. The van der Waals surface area contributed by atoms with Crippen molar-refractivity contribution in [1.82, 2.24) is 24.9 Å². The van der Waals surface area contributed by atoms with Crippen LogP contribution >= 0.6 is 11.8 Å². The highest BCUT2D eigenvalue weighted by Gasteiger charge is 2.26. The number of benzene rings is 1. The molecule has 0 radical (unpaired) electrons. The molecule has 0 bridgehead atoms. The van der Waals surface area contributed by atoms with Crippen LogP contribution in [0.3, 0.4) is 0 Å². The zero-order valence-corrected chi connectivity index (χ0v) is 22.9. The SMILES string of the molecule is COC(=O)C(CC(=O)NCCN(C)C(=O)CN1CCN(C)CC1)Oc1cc(OC)c(CNCl)c(OC)c1. The standard InChI is InChI=1S/C24H38ClN5O7/c1-28-8-10-30(11-9-28)16-23(32)29(2)7-6-26-22(31)14-21(24(33)36-5)37-17-12-19(34-3)18(15-27-25)20(13-17)35-4/h12-13,21,27H,6-11,14-16H2,1-5H3,(H,26,31). The van der Waals surface area contributed by atoms with E-state index >= 15 is 0 Å². The number of hydrogen-bond donors (Lipinski definition) is 2. The largest absolute Gasteiger partial charge is 0.496 e. The molecule has 0 spiro atoms. The number of halogens is 1. The maximum atomic E-state index is 12.6. The number of carbonyl (C=O) groups is 3. The summed E-state index contributed by atoms with van der Waals surface area (Å²) in [5.41, 5.74) is 0.658. The Bertz CT molecular complexity index is 886. The molecule has 0 aromatic heterocycles. The molecule has 1 heterocycles. The van der Waals surface area contributed by atoms with Crippen molar-refractivity contribution in [3.63, 3.8) is 0 Å². The number of carbonyl (C=O) groups excluding carboxylic acids is 3. The van der Waals surface area contributed by atoms with Crippen LogP contribution in [0.25, 0.3) is 0 Å². The van der Waals surface area contributed by atoms with Crippen molar-refractivity contribution in [2.45, 2.75) is 19.1 Å². The van der Waals surface area contributed by atoms with Gasteiger partial charge in [-0.25, -0.2) is 9.63 Å². The fraction of sp³-hybridized carbons (Fsp3) is 0.625. The van der Waals surface area contributed by atoms with Crippen molar-refractivity contribution in [2.75, 3.05) is 81.2 Å². The summed E-state index contributed by atoms with van der Waals surface area (Å²) in [6, 6.07) is 3.14. The Morgan fingerprint density at radius 3 is 2.24 bits per heavy atom. The van der Waals surface area contributed by atoms with Crippen LogP contribution in [0, 0.1) is 0 Å². The first-order valence-corrected chi connectivity index (χ1v) is 12.3. The van der Waals surface area contributed by atoms with Gasteiger partial charge in [0.25, 0.3) is 0 Å². The van der Waals surface area contributed by atoms with Crippen LogP contribution in [-0.4, -0.2) is 120 Å². The number of ether oxygens (including phenoxy) is 4. The minimum Gasteiger partial charge on any atom is -0.496 e. The van der Waals surface area contributed by atoms with Crippen LogP contribution < -0.4 is 24.4 Å². The molecule has 37 heavy (non-hydrogen) atoms. The van der Waals surface area contributed by atoms with Gasteiger partial charge in [-0.3, -0.25) is 14.5 Å².